The van der Waals surface area contributed by atoms with Gasteiger partial charge in [-0.3, -0.25) is 14.4 Å². The van der Waals surface area contributed by atoms with Crippen molar-refractivity contribution in [3.63, 3.8) is 0 Å². The first-order valence-corrected chi connectivity index (χ1v) is 8.90. The third-order valence-corrected chi connectivity index (χ3v) is 5.30. The van der Waals surface area contributed by atoms with Gasteiger partial charge in [-0.05, 0) is 31.6 Å². The molecule has 0 fully saturated rings. The van der Waals surface area contributed by atoms with Gasteiger partial charge in [0.2, 0.25) is 0 Å². The van der Waals surface area contributed by atoms with Gasteiger partial charge in [0.15, 0.2) is 0 Å². The molecular formula is C19H32O6. The summed E-state index contributed by atoms with van der Waals surface area (Å²) in [5.41, 5.74) is -1.61. The fourth-order valence-electron chi connectivity index (χ4n) is 3.30. The number of allylic oxidation sites excluding steroid dienone is 1. The Hall–Kier alpha value is -1.85. The molecule has 6 heteroatoms. The molecule has 0 rings (SSSR count). The highest BCUT2D eigenvalue weighted by molar-refractivity contribution is 5.86. The van der Waals surface area contributed by atoms with Crippen LogP contribution in [0, 0.1) is 29.1 Å². The van der Waals surface area contributed by atoms with Gasteiger partial charge >= 0.3 is 17.9 Å². The minimum atomic E-state index is -1.61. The zero-order valence-electron chi connectivity index (χ0n) is 15.9. The molecule has 6 nitrogen and oxygen atoms in total. The third-order valence-electron chi connectivity index (χ3n) is 5.30. The number of rotatable bonds is 12. The fourth-order valence-corrected chi connectivity index (χ4v) is 3.30. The van der Waals surface area contributed by atoms with E-state index < -0.39 is 35.2 Å². The Bertz CT molecular complexity index is 498. The number of hydrogen-bond acceptors (Lipinski definition) is 3. The van der Waals surface area contributed by atoms with Gasteiger partial charge in [-0.1, -0.05) is 52.7 Å². The lowest BCUT2D eigenvalue weighted by molar-refractivity contribution is -0.163. The highest BCUT2D eigenvalue weighted by Crippen LogP contribution is 2.42. The summed E-state index contributed by atoms with van der Waals surface area (Å²) in [6.07, 6.45) is 4.23. The molecule has 3 N–H and O–H groups in total. The molecule has 0 heterocycles. The first-order valence-electron chi connectivity index (χ1n) is 8.90. The smallest absolute Gasteiger partial charge is 0.314 e. The van der Waals surface area contributed by atoms with Gasteiger partial charge in [-0.25, -0.2) is 0 Å². The van der Waals surface area contributed by atoms with E-state index in [2.05, 4.69) is 0 Å². The molecule has 0 aliphatic carbocycles. The normalized spacial score (nSPS) is 18.9. The van der Waals surface area contributed by atoms with Gasteiger partial charge in [0.1, 0.15) is 0 Å². The molecule has 25 heavy (non-hydrogen) atoms. The second-order valence-corrected chi connectivity index (χ2v) is 7.02. The van der Waals surface area contributed by atoms with Crippen molar-refractivity contribution in [1.29, 1.82) is 0 Å². The van der Waals surface area contributed by atoms with E-state index in [1.807, 2.05) is 20.8 Å². The van der Waals surface area contributed by atoms with E-state index >= 15 is 0 Å². The molecule has 5 atom stereocenters. The summed E-state index contributed by atoms with van der Waals surface area (Å²) in [4.78, 5) is 35.7. The van der Waals surface area contributed by atoms with Crippen LogP contribution >= 0.6 is 0 Å². The maximum Gasteiger partial charge on any atom is 0.314 e. The SMILES string of the molecule is CC=CC(CC(C)CC)(C(=O)O)C(CC(C(=O)O)C(C)CC)C(=O)O. The molecule has 0 aromatic rings. The van der Waals surface area contributed by atoms with Gasteiger partial charge in [0.25, 0.3) is 0 Å². The summed E-state index contributed by atoms with van der Waals surface area (Å²) in [6, 6.07) is 0. The molecule has 0 amide bonds. The maximum absolute atomic E-state index is 12.1. The van der Waals surface area contributed by atoms with Crippen molar-refractivity contribution in [1.82, 2.24) is 0 Å². The molecule has 0 bridgehead atoms. The van der Waals surface area contributed by atoms with Crippen LogP contribution in [0.15, 0.2) is 12.2 Å². The summed E-state index contributed by atoms with van der Waals surface area (Å²) in [5, 5.41) is 29.2. The zero-order valence-corrected chi connectivity index (χ0v) is 15.9. The van der Waals surface area contributed by atoms with E-state index in [4.69, 9.17) is 0 Å². The summed E-state index contributed by atoms with van der Waals surface area (Å²) >= 11 is 0. The van der Waals surface area contributed by atoms with Crippen molar-refractivity contribution >= 4 is 17.9 Å². The first-order chi connectivity index (χ1) is 11.6. The number of aliphatic carboxylic acids is 3. The summed E-state index contributed by atoms with van der Waals surface area (Å²) < 4.78 is 0. The maximum atomic E-state index is 12.1. The van der Waals surface area contributed by atoms with Gasteiger partial charge < -0.3 is 15.3 Å². The van der Waals surface area contributed by atoms with E-state index in [9.17, 15) is 29.7 Å². The van der Waals surface area contributed by atoms with E-state index in [0.717, 1.165) is 0 Å². The van der Waals surface area contributed by atoms with E-state index in [1.165, 1.54) is 6.08 Å². The average Bonchev–Trinajstić information content (AvgIpc) is 2.53. The van der Waals surface area contributed by atoms with Crippen LogP contribution in [-0.2, 0) is 14.4 Å². The molecule has 0 aromatic heterocycles. The van der Waals surface area contributed by atoms with Crippen LogP contribution < -0.4 is 0 Å². The number of hydrogen-bond donors (Lipinski definition) is 3. The van der Waals surface area contributed by atoms with Gasteiger partial charge in [-0.15, -0.1) is 0 Å². The van der Waals surface area contributed by atoms with Crippen molar-refractivity contribution in [2.24, 2.45) is 29.1 Å². The second kappa shape index (κ2) is 10.2. The highest BCUT2D eigenvalue weighted by atomic mass is 16.4. The topological polar surface area (TPSA) is 112 Å². The number of carboxylic acids is 3. The van der Waals surface area contributed by atoms with Crippen LogP contribution in [0.5, 0.6) is 0 Å². The van der Waals surface area contributed by atoms with Crippen molar-refractivity contribution in [3.8, 4) is 0 Å². The number of carboxylic acid groups (broad SMARTS) is 3. The molecule has 0 radical (unpaired) electrons. The fraction of sp³-hybridized carbons (Fsp3) is 0.737. The Balaban J connectivity index is 6.11. The Morgan fingerprint density at radius 2 is 1.56 bits per heavy atom. The van der Waals surface area contributed by atoms with Crippen molar-refractivity contribution in [2.45, 2.75) is 60.3 Å². The molecule has 0 spiro atoms. The predicted molar refractivity (Wildman–Crippen MR) is 95.3 cm³/mol. The first kappa shape index (κ1) is 23.1. The van der Waals surface area contributed by atoms with Crippen molar-refractivity contribution in [2.75, 3.05) is 0 Å². The van der Waals surface area contributed by atoms with Crippen LogP contribution in [0.1, 0.15) is 60.3 Å². The Morgan fingerprint density at radius 3 is 1.88 bits per heavy atom. The molecule has 0 saturated heterocycles. The van der Waals surface area contributed by atoms with Crippen molar-refractivity contribution in [3.05, 3.63) is 12.2 Å². The molecule has 0 aromatic carbocycles. The van der Waals surface area contributed by atoms with Crippen LogP contribution in [0.4, 0.5) is 0 Å². The lowest BCUT2D eigenvalue weighted by Crippen LogP contribution is -2.44. The average molecular weight is 356 g/mol. The lowest BCUT2D eigenvalue weighted by atomic mass is 9.65. The molecule has 144 valence electrons. The summed E-state index contributed by atoms with van der Waals surface area (Å²) in [5.74, 6) is -5.99. The zero-order chi connectivity index (χ0) is 19.8. The minimum absolute atomic E-state index is 0.000951. The standard InChI is InChI=1S/C19H32O6/c1-6-9-19(18(24)25,11-12(4)7-2)15(17(22)23)10-14(16(20)21)13(5)8-3/h6,9,12-15H,7-8,10-11H2,1-5H3,(H,20,21)(H,22,23)(H,24,25). The monoisotopic (exact) mass is 356 g/mol. The molecule has 0 aliphatic heterocycles. The predicted octanol–water partition coefficient (Wildman–Crippen LogP) is 3.91. The summed E-state index contributed by atoms with van der Waals surface area (Å²) in [6.45, 7) is 9.04. The lowest BCUT2D eigenvalue weighted by Gasteiger charge is -2.36. The highest BCUT2D eigenvalue weighted by Gasteiger charge is 2.49. The molecular weight excluding hydrogens is 324 g/mol. The molecule has 0 saturated carbocycles. The Morgan fingerprint density at radius 1 is 1.00 bits per heavy atom. The summed E-state index contributed by atoms with van der Waals surface area (Å²) in [7, 11) is 0. The quantitative estimate of drug-likeness (QED) is 0.457. The van der Waals surface area contributed by atoms with E-state index in [0.29, 0.717) is 12.8 Å². The Labute approximate surface area is 149 Å². The second-order valence-electron chi connectivity index (χ2n) is 7.02. The largest absolute Gasteiger partial charge is 0.481 e. The van der Waals surface area contributed by atoms with Gasteiger partial charge in [0, 0.05) is 0 Å². The van der Waals surface area contributed by atoms with E-state index in [1.54, 1.807) is 19.9 Å². The van der Waals surface area contributed by atoms with Crippen LogP contribution in [0.2, 0.25) is 0 Å². The molecule has 0 aliphatic rings. The van der Waals surface area contributed by atoms with Crippen LogP contribution in [0.3, 0.4) is 0 Å². The van der Waals surface area contributed by atoms with Crippen molar-refractivity contribution < 1.29 is 29.7 Å². The van der Waals surface area contributed by atoms with Gasteiger partial charge in [-0.2, -0.15) is 0 Å². The van der Waals surface area contributed by atoms with Crippen LogP contribution in [0.25, 0.3) is 0 Å². The van der Waals surface area contributed by atoms with E-state index in [-0.39, 0.29) is 24.7 Å². The Kier molecular flexibility index (Phi) is 9.46. The van der Waals surface area contributed by atoms with Crippen LogP contribution in [-0.4, -0.2) is 33.2 Å². The third kappa shape index (κ3) is 5.87. The molecule has 5 unspecified atom stereocenters. The van der Waals surface area contributed by atoms with Gasteiger partial charge in [0.05, 0.1) is 17.3 Å². The minimum Gasteiger partial charge on any atom is -0.481 e. The number of carbonyl (C=O) groups is 3.